The second kappa shape index (κ2) is 5.66. The minimum atomic E-state index is -0.797. The van der Waals surface area contributed by atoms with E-state index in [1.54, 1.807) is 11.9 Å². The number of likely N-dealkylation sites (N-methyl/N-ethyl adjacent to an activating group) is 1. The van der Waals surface area contributed by atoms with Crippen LogP contribution in [0.25, 0.3) is 0 Å². The number of nitrogens with zero attached hydrogens (tertiary/aromatic N) is 1. The molecule has 0 saturated carbocycles. The van der Waals surface area contributed by atoms with E-state index in [0.29, 0.717) is 32.5 Å². The van der Waals surface area contributed by atoms with Crippen molar-refractivity contribution in [1.82, 2.24) is 10.2 Å². The van der Waals surface area contributed by atoms with Crippen LogP contribution < -0.4 is 10.1 Å². The number of carbonyl (C=O) groups is 1. The van der Waals surface area contributed by atoms with E-state index in [4.69, 9.17) is 4.74 Å². The zero-order valence-electron chi connectivity index (χ0n) is 12.3. The van der Waals surface area contributed by atoms with Crippen LogP contribution in [0.5, 0.6) is 5.75 Å². The smallest absolute Gasteiger partial charge is 0.230 e. The average Bonchev–Trinajstić information content (AvgIpc) is 2.92. The fourth-order valence-corrected chi connectivity index (χ4v) is 3.25. The Morgan fingerprint density at radius 1 is 1.52 bits per heavy atom. The summed E-state index contributed by atoms with van der Waals surface area (Å²) >= 11 is 0. The predicted octanol–water partition coefficient (Wildman–Crippen LogP) is 0.735. The van der Waals surface area contributed by atoms with Crippen LogP contribution in [0.3, 0.4) is 0 Å². The molecule has 114 valence electrons. The Morgan fingerprint density at radius 2 is 2.33 bits per heavy atom. The first-order valence-corrected chi connectivity index (χ1v) is 7.49. The number of ether oxygens (including phenoxy) is 1. The summed E-state index contributed by atoms with van der Waals surface area (Å²) in [6.07, 6.45) is 1.38. The molecule has 5 nitrogen and oxygen atoms in total. The quantitative estimate of drug-likeness (QED) is 0.862. The van der Waals surface area contributed by atoms with Crippen molar-refractivity contribution in [2.75, 3.05) is 33.3 Å². The van der Waals surface area contributed by atoms with Crippen molar-refractivity contribution in [3.8, 4) is 5.75 Å². The van der Waals surface area contributed by atoms with E-state index >= 15 is 0 Å². The van der Waals surface area contributed by atoms with Crippen LogP contribution in [0, 0.1) is 0 Å². The first-order chi connectivity index (χ1) is 10.1. The Balaban J connectivity index is 1.73. The lowest BCUT2D eigenvalue weighted by Crippen LogP contribution is -2.47. The van der Waals surface area contributed by atoms with E-state index in [0.717, 1.165) is 17.9 Å². The van der Waals surface area contributed by atoms with Gasteiger partial charge in [-0.3, -0.25) is 4.79 Å². The van der Waals surface area contributed by atoms with Gasteiger partial charge in [-0.05, 0) is 25.5 Å². The lowest BCUT2D eigenvalue weighted by atomic mass is 9.91. The van der Waals surface area contributed by atoms with Crippen molar-refractivity contribution in [1.29, 1.82) is 0 Å². The summed E-state index contributed by atoms with van der Waals surface area (Å²) in [5, 5.41) is 13.6. The van der Waals surface area contributed by atoms with E-state index in [2.05, 4.69) is 5.32 Å². The molecular weight excluding hydrogens is 268 g/mol. The lowest BCUT2D eigenvalue weighted by molar-refractivity contribution is -0.135. The highest BCUT2D eigenvalue weighted by atomic mass is 16.5. The molecule has 1 aromatic carbocycles. The Morgan fingerprint density at radius 3 is 3.10 bits per heavy atom. The number of hydrogen-bond acceptors (Lipinski definition) is 4. The van der Waals surface area contributed by atoms with E-state index < -0.39 is 5.60 Å². The Bertz CT molecular complexity index is 526. The third kappa shape index (κ3) is 2.89. The van der Waals surface area contributed by atoms with E-state index in [9.17, 15) is 9.90 Å². The molecule has 3 rings (SSSR count). The second-order valence-electron chi connectivity index (χ2n) is 6.07. The summed E-state index contributed by atoms with van der Waals surface area (Å²) in [5.41, 5.74) is 0.159. The van der Waals surface area contributed by atoms with Gasteiger partial charge < -0.3 is 20.1 Å². The van der Waals surface area contributed by atoms with Gasteiger partial charge in [0, 0.05) is 19.2 Å². The third-order valence-electron chi connectivity index (χ3n) is 4.39. The first-order valence-electron chi connectivity index (χ1n) is 7.49. The molecule has 2 N–H and O–H groups in total. The molecule has 1 saturated heterocycles. The number of rotatable bonds is 3. The van der Waals surface area contributed by atoms with Crippen molar-refractivity contribution in [3.63, 3.8) is 0 Å². The largest absolute Gasteiger partial charge is 0.493 e. The number of amides is 1. The van der Waals surface area contributed by atoms with Gasteiger partial charge in [0.1, 0.15) is 5.75 Å². The summed E-state index contributed by atoms with van der Waals surface area (Å²) in [6, 6.07) is 7.71. The number of carbonyl (C=O) groups excluding carboxylic acids is 1. The highest BCUT2D eigenvalue weighted by molar-refractivity contribution is 5.84. The van der Waals surface area contributed by atoms with Gasteiger partial charge in [-0.25, -0.2) is 0 Å². The molecule has 0 aliphatic carbocycles. The van der Waals surface area contributed by atoms with Gasteiger partial charge in [-0.1, -0.05) is 18.2 Å². The Labute approximate surface area is 124 Å². The molecule has 2 unspecified atom stereocenters. The topological polar surface area (TPSA) is 61.8 Å². The Hall–Kier alpha value is -1.59. The van der Waals surface area contributed by atoms with Crippen LogP contribution in [-0.4, -0.2) is 54.8 Å². The molecule has 5 heteroatoms. The fraction of sp³-hybridized carbons (Fsp3) is 0.562. The molecule has 2 aliphatic heterocycles. The second-order valence-corrected chi connectivity index (χ2v) is 6.07. The van der Waals surface area contributed by atoms with Gasteiger partial charge in [-0.15, -0.1) is 0 Å². The summed E-state index contributed by atoms with van der Waals surface area (Å²) in [6.45, 7) is 2.29. The van der Waals surface area contributed by atoms with Crippen LogP contribution in [0.15, 0.2) is 24.3 Å². The van der Waals surface area contributed by atoms with Crippen molar-refractivity contribution < 1.29 is 14.6 Å². The first kappa shape index (κ1) is 14.4. The minimum Gasteiger partial charge on any atom is -0.493 e. The molecule has 1 amide bonds. The molecule has 1 aromatic rings. The summed E-state index contributed by atoms with van der Waals surface area (Å²) in [4.78, 5) is 14.4. The number of nitrogens with one attached hydrogen (secondary N) is 1. The molecular formula is C16H22N2O3. The maximum Gasteiger partial charge on any atom is 0.230 e. The van der Waals surface area contributed by atoms with Crippen LogP contribution in [0.1, 0.15) is 24.3 Å². The lowest BCUT2D eigenvalue weighted by Gasteiger charge is -2.32. The molecule has 2 atom stereocenters. The number of aliphatic hydroxyl groups is 1. The van der Waals surface area contributed by atoms with Gasteiger partial charge in [0.05, 0.1) is 24.7 Å². The van der Waals surface area contributed by atoms with Gasteiger partial charge in [-0.2, -0.15) is 0 Å². The van der Waals surface area contributed by atoms with Gasteiger partial charge in [0.2, 0.25) is 5.91 Å². The van der Waals surface area contributed by atoms with Crippen molar-refractivity contribution in [3.05, 3.63) is 29.8 Å². The van der Waals surface area contributed by atoms with Crippen LogP contribution >= 0.6 is 0 Å². The molecule has 0 aromatic heterocycles. The highest BCUT2D eigenvalue weighted by Crippen LogP contribution is 2.34. The fourth-order valence-electron chi connectivity index (χ4n) is 3.25. The predicted molar refractivity (Wildman–Crippen MR) is 79.4 cm³/mol. The normalized spacial score (nSPS) is 27.8. The number of para-hydroxylation sites is 1. The number of benzene rings is 1. The van der Waals surface area contributed by atoms with Gasteiger partial charge in [0.15, 0.2) is 0 Å². The van der Waals surface area contributed by atoms with Crippen LogP contribution in [-0.2, 0) is 4.79 Å². The zero-order valence-corrected chi connectivity index (χ0v) is 12.3. The maximum absolute atomic E-state index is 12.7. The molecule has 0 spiro atoms. The molecule has 2 heterocycles. The number of β-amino-alcohol motifs (C(OH)–C–C–N with tert-alkyl or cyclic N) is 1. The number of hydrogen-bond donors (Lipinski definition) is 2. The van der Waals surface area contributed by atoms with Gasteiger partial charge >= 0.3 is 0 Å². The van der Waals surface area contributed by atoms with Crippen molar-refractivity contribution in [2.24, 2.45) is 0 Å². The van der Waals surface area contributed by atoms with E-state index in [-0.39, 0.29) is 11.8 Å². The number of fused-ring (bicyclic) bond motifs is 1. The average molecular weight is 290 g/mol. The van der Waals surface area contributed by atoms with Crippen LogP contribution in [0.4, 0.5) is 0 Å². The highest BCUT2D eigenvalue weighted by Gasteiger charge is 2.36. The van der Waals surface area contributed by atoms with Crippen molar-refractivity contribution in [2.45, 2.75) is 24.4 Å². The molecule has 2 aliphatic rings. The molecule has 21 heavy (non-hydrogen) atoms. The zero-order chi connectivity index (χ0) is 14.9. The van der Waals surface area contributed by atoms with E-state index in [1.165, 1.54) is 0 Å². The molecule has 0 bridgehead atoms. The van der Waals surface area contributed by atoms with Gasteiger partial charge in [0.25, 0.3) is 0 Å². The standard InChI is InChI=1S/C16H22N2O3/c1-18(11-16(20)7-8-17-10-16)15(19)13-6-9-21-14-5-3-2-4-12(13)14/h2-5,13,17,20H,6-11H2,1H3. The summed E-state index contributed by atoms with van der Waals surface area (Å²) in [7, 11) is 1.77. The Kier molecular flexibility index (Phi) is 3.87. The minimum absolute atomic E-state index is 0.0612. The third-order valence-corrected chi connectivity index (χ3v) is 4.39. The SMILES string of the molecule is CN(CC1(O)CCNC1)C(=O)C1CCOc2ccccc21. The monoisotopic (exact) mass is 290 g/mol. The maximum atomic E-state index is 12.7. The van der Waals surface area contributed by atoms with Crippen molar-refractivity contribution >= 4 is 5.91 Å². The summed E-state index contributed by atoms with van der Waals surface area (Å²) < 4.78 is 5.61. The summed E-state index contributed by atoms with van der Waals surface area (Å²) in [5.74, 6) is 0.695. The molecule has 0 radical (unpaired) electrons. The van der Waals surface area contributed by atoms with Crippen LogP contribution in [0.2, 0.25) is 0 Å². The van der Waals surface area contributed by atoms with E-state index in [1.807, 2.05) is 24.3 Å². The molecule has 1 fully saturated rings.